The quantitative estimate of drug-likeness (QED) is 0.561. The number of hydrogen-bond acceptors (Lipinski definition) is 2. The van der Waals surface area contributed by atoms with Gasteiger partial charge in [0.25, 0.3) is 0 Å². The van der Waals surface area contributed by atoms with E-state index in [0.717, 1.165) is 12.8 Å². The summed E-state index contributed by atoms with van der Waals surface area (Å²) in [5.74, 6) is 0. The van der Waals surface area contributed by atoms with Crippen molar-refractivity contribution in [1.82, 2.24) is 0 Å². The van der Waals surface area contributed by atoms with Crippen molar-refractivity contribution in [2.75, 3.05) is 12.8 Å². The lowest BCUT2D eigenvalue weighted by Gasteiger charge is -1.83. The van der Waals surface area contributed by atoms with E-state index in [-0.39, 0.29) is 0 Å². The molecule has 1 atom stereocenters. The molecule has 0 aliphatic heterocycles. The van der Waals surface area contributed by atoms with E-state index < -0.39 is 8.03 Å². The van der Waals surface area contributed by atoms with Gasteiger partial charge in [0.2, 0.25) is 0 Å². The molecule has 0 N–H and O–H groups in total. The van der Waals surface area contributed by atoms with Gasteiger partial charge in [0, 0.05) is 0 Å². The van der Waals surface area contributed by atoms with E-state index in [2.05, 4.69) is 0 Å². The lowest BCUT2D eigenvalue weighted by molar-refractivity contribution is 0.328. The molecule has 0 saturated heterocycles. The Hall–Kier alpha value is 0.0600. The van der Waals surface area contributed by atoms with Gasteiger partial charge in [0.1, 0.15) is 6.61 Å². The van der Waals surface area contributed by atoms with Gasteiger partial charge in [0.05, 0.1) is 0 Å². The predicted octanol–water partition coefficient (Wildman–Crippen LogP) is 2.57. The largest absolute Gasteiger partial charge is 0.508 e. The van der Waals surface area contributed by atoms with Crippen LogP contribution in [0.3, 0.4) is 0 Å². The maximum Gasteiger partial charge on any atom is 0.508 e. The van der Waals surface area contributed by atoms with Crippen LogP contribution in [0.4, 0.5) is 0 Å². The molecule has 9 heavy (non-hydrogen) atoms. The Bertz CT molecular complexity index is 83.1. The van der Waals surface area contributed by atoms with Crippen LogP contribution in [-0.4, -0.2) is 12.8 Å². The highest BCUT2D eigenvalue weighted by atomic mass is 31.1. The molecule has 2 nitrogen and oxygen atoms in total. The molecule has 0 aliphatic rings. The van der Waals surface area contributed by atoms with E-state index in [9.17, 15) is 4.57 Å². The second-order valence-corrected chi connectivity index (χ2v) is 3.26. The summed E-state index contributed by atoms with van der Waals surface area (Å²) in [6.07, 6.45) is 2.60. The first kappa shape index (κ1) is 9.06. The van der Waals surface area contributed by atoms with Crippen LogP contribution in [0, 0.1) is 0 Å². The third-order valence-electron chi connectivity index (χ3n) is 0.846. The SMILES string of the molecule is CCCO[P+](=O)CCC. The van der Waals surface area contributed by atoms with Gasteiger partial charge in [-0.1, -0.05) is 13.8 Å². The van der Waals surface area contributed by atoms with E-state index in [1.165, 1.54) is 0 Å². The van der Waals surface area contributed by atoms with Gasteiger partial charge in [-0.3, -0.25) is 0 Å². The van der Waals surface area contributed by atoms with Gasteiger partial charge >= 0.3 is 8.03 Å². The Morgan fingerprint density at radius 3 is 2.44 bits per heavy atom. The van der Waals surface area contributed by atoms with Gasteiger partial charge in [-0.25, -0.2) is 0 Å². The fourth-order valence-electron chi connectivity index (χ4n) is 0.440. The third kappa shape index (κ3) is 5.94. The summed E-state index contributed by atoms with van der Waals surface area (Å²) >= 11 is 0. The van der Waals surface area contributed by atoms with E-state index in [1.54, 1.807) is 0 Å². The molecule has 0 fully saturated rings. The van der Waals surface area contributed by atoms with Crippen molar-refractivity contribution in [1.29, 1.82) is 0 Å². The predicted molar refractivity (Wildman–Crippen MR) is 39.0 cm³/mol. The van der Waals surface area contributed by atoms with Crippen LogP contribution in [-0.2, 0) is 9.09 Å². The molecular weight excluding hydrogens is 135 g/mol. The summed E-state index contributed by atoms with van der Waals surface area (Å²) < 4.78 is 15.7. The highest BCUT2D eigenvalue weighted by Crippen LogP contribution is 2.22. The zero-order chi connectivity index (χ0) is 7.11. The van der Waals surface area contributed by atoms with E-state index >= 15 is 0 Å². The standard InChI is InChI=1S/C6H14O2P/c1-3-5-8-9(7)6-4-2/h3-6H2,1-2H3/q+1. The summed E-state index contributed by atoms with van der Waals surface area (Å²) in [7, 11) is -1.34. The van der Waals surface area contributed by atoms with Gasteiger partial charge in [-0.15, -0.1) is 4.52 Å². The Kier molecular flexibility index (Phi) is 6.23. The summed E-state index contributed by atoms with van der Waals surface area (Å²) in [6, 6.07) is 0. The molecule has 0 amide bonds. The molecule has 0 aliphatic carbocycles. The zero-order valence-corrected chi connectivity index (χ0v) is 6.99. The van der Waals surface area contributed by atoms with Crippen molar-refractivity contribution < 1.29 is 9.09 Å². The monoisotopic (exact) mass is 149 g/mol. The molecule has 3 heteroatoms. The lowest BCUT2D eigenvalue weighted by atomic mass is 10.5. The molecule has 0 aromatic rings. The molecule has 0 spiro atoms. The van der Waals surface area contributed by atoms with Crippen molar-refractivity contribution >= 4 is 8.03 Å². The number of rotatable bonds is 5. The first-order valence-corrected chi connectivity index (χ1v) is 4.75. The third-order valence-corrected chi connectivity index (χ3v) is 2.13. The van der Waals surface area contributed by atoms with E-state index in [0.29, 0.717) is 12.8 Å². The Morgan fingerprint density at radius 1 is 1.33 bits per heavy atom. The van der Waals surface area contributed by atoms with Crippen LogP contribution in [0.15, 0.2) is 0 Å². The van der Waals surface area contributed by atoms with Gasteiger partial charge < -0.3 is 0 Å². The number of hydrogen-bond donors (Lipinski definition) is 0. The summed E-state index contributed by atoms with van der Waals surface area (Å²) in [5, 5.41) is 0. The average Bonchev–Trinajstić information content (AvgIpc) is 1.85. The fraction of sp³-hybridized carbons (Fsp3) is 1.00. The van der Waals surface area contributed by atoms with Crippen LogP contribution >= 0.6 is 8.03 Å². The van der Waals surface area contributed by atoms with E-state index in [1.807, 2.05) is 13.8 Å². The summed E-state index contributed by atoms with van der Waals surface area (Å²) in [6.45, 7) is 4.65. The van der Waals surface area contributed by atoms with Crippen molar-refractivity contribution in [3.05, 3.63) is 0 Å². The Labute approximate surface area is 57.5 Å². The molecule has 1 unspecified atom stereocenters. The van der Waals surface area contributed by atoms with Crippen LogP contribution in [0.25, 0.3) is 0 Å². The van der Waals surface area contributed by atoms with Gasteiger partial charge in [-0.05, 0) is 17.4 Å². The molecule has 0 heterocycles. The van der Waals surface area contributed by atoms with Crippen LogP contribution in [0.5, 0.6) is 0 Å². The smallest absolute Gasteiger partial charge is 0.146 e. The minimum absolute atomic E-state index is 0.634. The first-order valence-electron chi connectivity index (χ1n) is 3.38. The summed E-state index contributed by atoms with van der Waals surface area (Å²) in [4.78, 5) is 0. The lowest BCUT2D eigenvalue weighted by Crippen LogP contribution is -1.84. The van der Waals surface area contributed by atoms with Gasteiger partial charge in [-0.2, -0.15) is 0 Å². The maximum atomic E-state index is 10.7. The molecule has 0 aromatic carbocycles. The van der Waals surface area contributed by atoms with Gasteiger partial charge in [0.15, 0.2) is 6.16 Å². The van der Waals surface area contributed by atoms with Crippen molar-refractivity contribution in [3.63, 3.8) is 0 Å². The molecule has 54 valence electrons. The van der Waals surface area contributed by atoms with Crippen molar-refractivity contribution in [3.8, 4) is 0 Å². The molecule has 0 bridgehead atoms. The average molecular weight is 149 g/mol. The molecule has 0 saturated carbocycles. The van der Waals surface area contributed by atoms with Crippen LogP contribution in [0.2, 0.25) is 0 Å². The van der Waals surface area contributed by atoms with Crippen molar-refractivity contribution in [2.24, 2.45) is 0 Å². The maximum absolute atomic E-state index is 10.7. The summed E-state index contributed by atoms with van der Waals surface area (Å²) in [5.41, 5.74) is 0. The minimum Gasteiger partial charge on any atom is -0.146 e. The van der Waals surface area contributed by atoms with Crippen LogP contribution < -0.4 is 0 Å². The second kappa shape index (κ2) is 6.18. The highest BCUT2D eigenvalue weighted by Gasteiger charge is 2.12. The normalized spacial score (nSPS) is 11.6. The Balaban J connectivity index is 3.06. The highest BCUT2D eigenvalue weighted by molar-refractivity contribution is 7.39. The fourth-order valence-corrected chi connectivity index (χ4v) is 1.32. The van der Waals surface area contributed by atoms with Crippen LogP contribution in [0.1, 0.15) is 26.7 Å². The minimum atomic E-state index is -1.34. The van der Waals surface area contributed by atoms with Crippen molar-refractivity contribution in [2.45, 2.75) is 26.7 Å². The first-order chi connectivity index (χ1) is 4.31. The van der Waals surface area contributed by atoms with E-state index in [4.69, 9.17) is 4.52 Å². The zero-order valence-electron chi connectivity index (χ0n) is 6.09. The molecule has 0 aromatic heterocycles. The second-order valence-electron chi connectivity index (χ2n) is 1.89. The molecule has 0 rings (SSSR count). The molecule has 0 radical (unpaired) electrons. The topological polar surface area (TPSA) is 26.3 Å². The Morgan fingerprint density at radius 2 is 2.00 bits per heavy atom. The molecular formula is C6H14O2P+.